The van der Waals surface area contributed by atoms with Crippen molar-refractivity contribution in [3.05, 3.63) is 125 Å². The third kappa shape index (κ3) is 4.73. The molecule has 0 aliphatic carbocycles. The zero-order valence-corrected chi connectivity index (χ0v) is 21.9. The van der Waals surface area contributed by atoms with E-state index >= 15 is 0 Å². The standard InChI is InChI=1S/C33H27N3O4/c1-40-33(39)24-12-14-26-27(20-24)35-32(38)30(26)31(22-10-6-3-7-11-22)34-25-13-15-28-23(19-25)16-17-36(28)29(37)18-21-8-4-2-5-9-21/h2-15,19-20,34H,16-18H2,1H3,(H,35,38)/b31-30-. The summed E-state index contributed by atoms with van der Waals surface area (Å²) >= 11 is 0. The number of fused-ring (bicyclic) bond motifs is 2. The number of anilines is 3. The average Bonchev–Trinajstić information content (AvgIpc) is 3.56. The van der Waals surface area contributed by atoms with Crippen molar-refractivity contribution >= 4 is 46.1 Å². The number of ether oxygens (including phenoxy) is 1. The van der Waals surface area contributed by atoms with Crippen molar-refractivity contribution in [1.82, 2.24) is 0 Å². The summed E-state index contributed by atoms with van der Waals surface area (Å²) in [7, 11) is 1.33. The normalized spacial score (nSPS) is 14.7. The molecule has 198 valence electrons. The molecule has 2 aliphatic rings. The van der Waals surface area contributed by atoms with Crippen molar-refractivity contribution in [1.29, 1.82) is 0 Å². The van der Waals surface area contributed by atoms with E-state index < -0.39 is 5.97 Å². The van der Waals surface area contributed by atoms with Crippen LogP contribution in [-0.2, 0) is 27.2 Å². The van der Waals surface area contributed by atoms with Crippen LogP contribution in [0.3, 0.4) is 0 Å². The van der Waals surface area contributed by atoms with Crippen LogP contribution in [0.15, 0.2) is 97.1 Å². The van der Waals surface area contributed by atoms with Gasteiger partial charge in [0.25, 0.3) is 5.91 Å². The molecule has 2 amide bonds. The smallest absolute Gasteiger partial charge is 0.337 e. The van der Waals surface area contributed by atoms with Gasteiger partial charge in [0, 0.05) is 23.5 Å². The Labute approximate surface area is 232 Å². The fourth-order valence-electron chi connectivity index (χ4n) is 5.30. The molecule has 0 atom stereocenters. The topological polar surface area (TPSA) is 87.7 Å². The number of carbonyl (C=O) groups excluding carboxylic acids is 3. The van der Waals surface area contributed by atoms with E-state index in [1.54, 1.807) is 18.2 Å². The van der Waals surface area contributed by atoms with Gasteiger partial charge < -0.3 is 20.3 Å². The van der Waals surface area contributed by atoms with Crippen molar-refractivity contribution in [3.8, 4) is 0 Å². The van der Waals surface area contributed by atoms with E-state index in [9.17, 15) is 14.4 Å². The van der Waals surface area contributed by atoms with Crippen LogP contribution in [0.1, 0.15) is 32.6 Å². The quantitative estimate of drug-likeness (QED) is 0.253. The molecule has 2 heterocycles. The van der Waals surface area contributed by atoms with Gasteiger partial charge in [0.1, 0.15) is 0 Å². The van der Waals surface area contributed by atoms with Gasteiger partial charge in [-0.3, -0.25) is 9.59 Å². The Balaban J connectivity index is 1.33. The van der Waals surface area contributed by atoms with Crippen LogP contribution < -0.4 is 15.5 Å². The molecule has 4 aromatic rings. The van der Waals surface area contributed by atoms with Crippen molar-refractivity contribution in [2.24, 2.45) is 0 Å². The minimum atomic E-state index is -0.467. The molecule has 7 nitrogen and oxygen atoms in total. The lowest BCUT2D eigenvalue weighted by Crippen LogP contribution is -2.30. The first-order valence-electron chi connectivity index (χ1n) is 13.1. The maximum atomic E-state index is 13.3. The van der Waals surface area contributed by atoms with Gasteiger partial charge in [0.2, 0.25) is 5.91 Å². The molecule has 0 radical (unpaired) electrons. The largest absolute Gasteiger partial charge is 0.465 e. The molecule has 7 heteroatoms. The highest BCUT2D eigenvalue weighted by Gasteiger charge is 2.30. The predicted molar refractivity (Wildman–Crippen MR) is 156 cm³/mol. The van der Waals surface area contributed by atoms with Crippen molar-refractivity contribution in [3.63, 3.8) is 0 Å². The third-order valence-corrected chi connectivity index (χ3v) is 7.24. The summed E-state index contributed by atoms with van der Waals surface area (Å²) in [6, 6.07) is 30.4. The van der Waals surface area contributed by atoms with Crippen molar-refractivity contribution in [2.45, 2.75) is 12.8 Å². The summed E-state index contributed by atoms with van der Waals surface area (Å²) in [6.07, 6.45) is 1.11. The van der Waals surface area contributed by atoms with Gasteiger partial charge >= 0.3 is 5.97 Å². The second-order valence-corrected chi connectivity index (χ2v) is 9.75. The fraction of sp³-hybridized carbons (Fsp3) is 0.121. The number of nitrogens with zero attached hydrogens (tertiary/aromatic N) is 1. The summed E-state index contributed by atoms with van der Waals surface area (Å²) < 4.78 is 4.83. The Morgan fingerprint density at radius 1 is 0.900 bits per heavy atom. The van der Waals surface area contributed by atoms with Gasteiger partial charge in [-0.2, -0.15) is 0 Å². The highest BCUT2D eigenvalue weighted by molar-refractivity contribution is 6.37. The number of esters is 1. The lowest BCUT2D eigenvalue weighted by atomic mass is 9.99. The Hall–Kier alpha value is -5.17. The Morgan fingerprint density at radius 2 is 1.65 bits per heavy atom. The molecule has 0 saturated heterocycles. The van der Waals surface area contributed by atoms with Crippen LogP contribution in [0.5, 0.6) is 0 Å². The molecule has 0 spiro atoms. The molecule has 40 heavy (non-hydrogen) atoms. The molecule has 0 unspecified atom stereocenters. The van der Waals surface area contributed by atoms with Crippen LogP contribution in [0.2, 0.25) is 0 Å². The molecule has 0 bridgehead atoms. The molecule has 2 aliphatic heterocycles. The molecule has 2 N–H and O–H groups in total. The molecular formula is C33H27N3O4. The van der Waals surface area contributed by atoms with Gasteiger partial charge in [-0.1, -0.05) is 66.7 Å². The maximum Gasteiger partial charge on any atom is 0.337 e. The zero-order chi connectivity index (χ0) is 27.6. The summed E-state index contributed by atoms with van der Waals surface area (Å²) in [5.74, 6) is -0.657. The monoisotopic (exact) mass is 529 g/mol. The number of benzene rings is 4. The highest BCUT2D eigenvalue weighted by Crippen LogP contribution is 2.39. The first kappa shape index (κ1) is 25.1. The van der Waals surface area contributed by atoms with E-state index in [4.69, 9.17) is 4.74 Å². The Kier molecular flexibility index (Phi) is 6.62. The first-order valence-corrected chi connectivity index (χ1v) is 13.1. The fourth-order valence-corrected chi connectivity index (χ4v) is 5.30. The summed E-state index contributed by atoms with van der Waals surface area (Å²) in [4.78, 5) is 40.2. The first-order chi connectivity index (χ1) is 19.5. The second-order valence-electron chi connectivity index (χ2n) is 9.75. The molecule has 4 aromatic carbocycles. The van der Waals surface area contributed by atoms with Crippen LogP contribution in [0, 0.1) is 0 Å². The number of rotatable bonds is 6. The highest BCUT2D eigenvalue weighted by atomic mass is 16.5. The van der Waals surface area contributed by atoms with E-state index in [1.807, 2.05) is 83.8 Å². The van der Waals surface area contributed by atoms with E-state index in [2.05, 4.69) is 10.6 Å². The number of carbonyl (C=O) groups is 3. The van der Waals surface area contributed by atoms with Crippen LogP contribution >= 0.6 is 0 Å². The molecule has 0 fully saturated rings. The zero-order valence-electron chi connectivity index (χ0n) is 21.9. The Bertz CT molecular complexity index is 1660. The average molecular weight is 530 g/mol. The summed E-state index contributed by atoms with van der Waals surface area (Å²) in [6.45, 7) is 0.634. The lowest BCUT2D eigenvalue weighted by molar-refractivity contribution is -0.118. The van der Waals surface area contributed by atoms with E-state index in [0.29, 0.717) is 41.1 Å². The lowest BCUT2D eigenvalue weighted by Gasteiger charge is -2.19. The third-order valence-electron chi connectivity index (χ3n) is 7.24. The van der Waals surface area contributed by atoms with Crippen LogP contribution in [0.25, 0.3) is 11.3 Å². The maximum absolute atomic E-state index is 13.3. The van der Waals surface area contributed by atoms with Crippen LogP contribution in [-0.4, -0.2) is 31.4 Å². The van der Waals surface area contributed by atoms with Gasteiger partial charge in [0.15, 0.2) is 0 Å². The summed E-state index contributed by atoms with van der Waals surface area (Å²) in [5, 5.41) is 6.39. The molecule has 6 rings (SSSR count). The second kappa shape index (κ2) is 10.5. The van der Waals surface area contributed by atoms with Gasteiger partial charge in [0.05, 0.1) is 36.1 Å². The van der Waals surface area contributed by atoms with E-state index in [1.165, 1.54) is 7.11 Å². The van der Waals surface area contributed by atoms with Gasteiger partial charge in [-0.05, 0) is 53.4 Å². The van der Waals surface area contributed by atoms with Crippen molar-refractivity contribution in [2.75, 3.05) is 29.2 Å². The van der Waals surface area contributed by atoms with Gasteiger partial charge in [-0.15, -0.1) is 0 Å². The predicted octanol–water partition coefficient (Wildman–Crippen LogP) is 5.54. The summed E-state index contributed by atoms with van der Waals surface area (Å²) in [5.41, 5.74) is 7.39. The van der Waals surface area contributed by atoms with Crippen LogP contribution in [0.4, 0.5) is 17.1 Å². The molecular weight excluding hydrogens is 502 g/mol. The number of methoxy groups -OCH3 is 1. The minimum Gasteiger partial charge on any atom is -0.465 e. The van der Waals surface area contributed by atoms with Crippen molar-refractivity contribution < 1.29 is 19.1 Å². The number of hydrogen-bond acceptors (Lipinski definition) is 5. The van der Waals surface area contributed by atoms with E-state index in [0.717, 1.165) is 34.5 Å². The Morgan fingerprint density at radius 3 is 2.40 bits per heavy atom. The number of nitrogens with one attached hydrogen (secondary N) is 2. The van der Waals surface area contributed by atoms with Gasteiger partial charge in [-0.25, -0.2) is 4.79 Å². The molecule has 0 saturated carbocycles. The minimum absolute atomic E-state index is 0.0725. The number of hydrogen-bond donors (Lipinski definition) is 2. The molecule has 0 aromatic heterocycles. The van der Waals surface area contributed by atoms with E-state index in [-0.39, 0.29) is 11.8 Å². The number of amides is 2. The SMILES string of the molecule is COC(=O)c1ccc2c(c1)NC(=O)/C2=C(\Nc1ccc2c(c1)CCN2C(=O)Cc1ccccc1)c1ccccc1.